The zero-order valence-corrected chi connectivity index (χ0v) is 20.0. The zero-order chi connectivity index (χ0) is 23.9. The number of nitrogens with zero attached hydrogens (tertiary/aromatic N) is 2. The van der Waals surface area contributed by atoms with Crippen LogP contribution in [-0.2, 0) is 38.2 Å². The number of carbonyl (C=O) groups excluding carboxylic acids is 6. The van der Waals surface area contributed by atoms with Crippen LogP contribution in [-0.4, -0.2) is 67.7 Å². The van der Waals surface area contributed by atoms with Crippen LogP contribution in [0.5, 0.6) is 0 Å². The van der Waals surface area contributed by atoms with Crippen molar-refractivity contribution >= 4 is 82.4 Å². The zero-order valence-electron chi connectivity index (χ0n) is 16.8. The maximum atomic E-state index is 12.3. The minimum atomic E-state index is -1.02. The monoisotopic (exact) mass is 534 g/mol. The highest BCUT2D eigenvalue weighted by molar-refractivity contribution is 8.00. The van der Waals surface area contributed by atoms with E-state index >= 15 is 0 Å². The second kappa shape index (κ2) is 9.69. The van der Waals surface area contributed by atoms with Gasteiger partial charge in [0.1, 0.15) is 11.4 Å². The molecule has 0 aromatic rings. The van der Waals surface area contributed by atoms with Gasteiger partial charge < -0.3 is 9.47 Å². The second-order valence-corrected chi connectivity index (χ2v) is 10.6. The molecule has 4 aliphatic heterocycles. The van der Waals surface area contributed by atoms with Crippen LogP contribution in [0.2, 0.25) is 0 Å². The van der Waals surface area contributed by atoms with Gasteiger partial charge in [0.05, 0.1) is 33.7 Å². The lowest BCUT2D eigenvalue weighted by Crippen LogP contribution is -2.54. The predicted octanol–water partition coefficient (Wildman–Crippen LogP) is 1.81. The van der Waals surface area contributed by atoms with Gasteiger partial charge in [-0.15, -0.1) is 23.5 Å². The SMILES string of the molecule is O=C(CCCC(=O)OC(=O)C1=C(Cl)CSC2CC(=O)N12)OC(=O)C1=C(Cl)CSC2CC(=O)N12. The Morgan fingerprint density at radius 3 is 1.55 bits per heavy atom. The molecule has 0 aromatic heterocycles. The van der Waals surface area contributed by atoms with Gasteiger partial charge in [-0.3, -0.25) is 29.0 Å². The third-order valence-electron chi connectivity index (χ3n) is 5.17. The van der Waals surface area contributed by atoms with E-state index in [0.29, 0.717) is 11.5 Å². The number of esters is 4. The highest BCUT2D eigenvalue weighted by Crippen LogP contribution is 2.42. The van der Waals surface area contributed by atoms with Gasteiger partial charge in [0, 0.05) is 24.3 Å². The van der Waals surface area contributed by atoms with Crippen LogP contribution >= 0.6 is 46.7 Å². The lowest BCUT2D eigenvalue weighted by atomic mass is 10.1. The summed E-state index contributed by atoms with van der Waals surface area (Å²) in [7, 11) is 0. The van der Waals surface area contributed by atoms with E-state index in [0.717, 1.165) is 0 Å². The quantitative estimate of drug-likeness (QED) is 0.282. The molecular weight excluding hydrogens is 519 g/mol. The Morgan fingerprint density at radius 1 is 0.788 bits per heavy atom. The van der Waals surface area contributed by atoms with E-state index in [4.69, 9.17) is 32.7 Å². The molecule has 0 N–H and O–H groups in total. The Kier molecular flexibility index (Phi) is 7.08. The van der Waals surface area contributed by atoms with Crippen molar-refractivity contribution in [2.75, 3.05) is 11.5 Å². The number of fused-ring (bicyclic) bond motifs is 2. The van der Waals surface area contributed by atoms with Gasteiger partial charge in [-0.1, -0.05) is 23.2 Å². The van der Waals surface area contributed by atoms with Gasteiger partial charge in [-0.2, -0.15) is 0 Å². The van der Waals surface area contributed by atoms with Crippen molar-refractivity contribution in [2.24, 2.45) is 0 Å². The van der Waals surface area contributed by atoms with Crippen molar-refractivity contribution in [1.29, 1.82) is 0 Å². The van der Waals surface area contributed by atoms with Gasteiger partial charge in [0.2, 0.25) is 11.8 Å². The van der Waals surface area contributed by atoms with E-state index in [2.05, 4.69) is 0 Å². The number of ether oxygens (including phenoxy) is 2. The average molecular weight is 535 g/mol. The number of rotatable bonds is 6. The summed E-state index contributed by atoms with van der Waals surface area (Å²) in [4.78, 5) is 74.6. The molecule has 2 fully saturated rings. The van der Waals surface area contributed by atoms with Crippen molar-refractivity contribution < 1.29 is 38.2 Å². The highest BCUT2D eigenvalue weighted by atomic mass is 35.5. The number of halogens is 2. The first-order chi connectivity index (χ1) is 15.7. The fraction of sp³-hybridized carbons (Fsp3) is 0.474. The fourth-order valence-electron chi connectivity index (χ4n) is 3.52. The number of carbonyl (C=O) groups is 6. The Hall–Kier alpha value is -2.02. The van der Waals surface area contributed by atoms with Gasteiger partial charge in [-0.05, 0) is 6.42 Å². The van der Waals surface area contributed by atoms with E-state index < -0.39 is 23.9 Å². The summed E-state index contributed by atoms with van der Waals surface area (Å²) < 4.78 is 9.53. The van der Waals surface area contributed by atoms with Crippen LogP contribution in [0.4, 0.5) is 0 Å². The minimum Gasteiger partial charge on any atom is -0.388 e. The second-order valence-electron chi connectivity index (χ2n) is 7.35. The minimum absolute atomic E-state index is 0.0555. The standard InChI is InChI=1S/C19H16Cl2N2O8S2/c20-8-6-32-12-4-10(24)22(12)16(8)18(28)30-14(26)2-1-3-15(27)31-19(29)17-9(21)7-33-13-5-11(25)23(13)17/h12-13H,1-7H2. The highest BCUT2D eigenvalue weighted by Gasteiger charge is 2.47. The number of hydrogen-bond donors (Lipinski definition) is 0. The molecule has 0 saturated carbocycles. The molecule has 4 heterocycles. The molecule has 4 rings (SSSR count). The molecule has 0 spiro atoms. The largest absolute Gasteiger partial charge is 0.388 e. The van der Waals surface area contributed by atoms with Crippen molar-refractivity contribution in [3.63, 3.8) is 0 Å². The van der Waals surface area contributed by atoms with Crippen LogP contribution in [0.1, 0.15) is 32.1 Å². The normalized spacial score (nSPS) is 23.9. The van der Waals surface area contributed by atoms with E-state index in [1.807, 2.05) is 0 Å². The van der Waals surface area contributed by atoms with Crippen molar-refractivity contribution in [3.05, 3.63) is 21.5 Å². The number of thioether (sulfide) groups is 2. The molecule has 176 valence electrons. The summed E-state index contributed by atoms with van der Waals surface area (Å²) in [5.41, 5.74) is -0.269. The Labute approximate surface area is 205 Å². The lowest BCUT2D eigenvalue weighted by molar-refractivity contribution is -0.161. The van der Waals surface area contributed by atoms with E-state index in [9.17, 15) is 28.8 Å². The molecule has 2 saturated heterocycles. The number of hydrogen-bond acceptors (Lipinski definition) is 10. The van der Waals surface area contributed by atoms with Crippen LogP contribution in [0, 0.1) is 0 Å². The predicted molar refractivity (Wildman–Crippen MR) is 117 cm³/mol. The summed E-state index contributed by atoms with van der Waals surface area (Å²) in [5, 5.41) is -0.140. The van der Waals surface area contributed by atoms with Gasteiger partial charge in [0.25, 0.3) is 0 Å². The Balaban J connectivity index is 1.23. The smallest absolute Gasteiger partial charge is 0.363 e. The molecule has 0 radical (unpaired) electrons. The molecule has 2 atom stereocenters. The van der Waals surface area contributed by atoms with E-state index in [1.54, 1.807) is 0 Å². The third-order valence-corrected chi connectivity index (χ3v) is 8.55. The molecule has 2 amide bonds. The van der Waals surface area contributed by atoms with Gasteiger partial charge in [0.15, 0.2) is 0 Å². The topological polar surface area (TPSA) is 127 Å². The van der Waals surface area contributed by atoms with E-state index in [-0.39, 0.29) is 76.1 Å². The van der Waals surface area contributed by atoms with Gasteiger partial charge >= 0.3 is 23.9 Å². The summed E-state index contributed by atoms with van der Waals surface area (Å²) in [6.45, 7) is 0. The van der Waals surface area contributed by atoms with Gasteiger partial charge in [-0.25, -0.2) is 9.59 Å². The molecule has 0 bridgehead atoms. The molecule has 2 unspecified atom stereocenters. The number of β-lactam (4-membered cyclic amide) rings is 2. The summed E-state index contributed by atoms with van der Waals surface area (Å²) in [6, 6.07) is 0. The van der Waals surface area contributed by atoms with E-state index in [1.165, 1.54) is 33.3 Å². The first-order valence-electron chi connectivity index (χ1n) is 9.82. The molecule has 0 aromatic carbocycles. The van der Waals surface area contributed by atoms with Crippen LogP contribution < -0.4 is 0 Å². The van der Waals surface area contributed by atoms with Crippen molar-refractivity contribution in [1.82, 2.24) is 9.80 Å². The Morgan fingerprint density at radius 2 is 1.18 bits per heavy atom. The average Bonchev–Trinajstić information content (AvgIpc) is 2.74. The van der Waals surface area contributed by atoms with Crippen LogP contribution in [0.25, 0.3) is 0 Å². The van der Waals surface area contributed by atoms with Crippen molar-refractivity contribution in [3.8, 4) is 0 Å². The first kappa shape index (κ1) is 24.1. The van der Waals surface area contributed by atoms with Crippen LogP contribution in [0.15, 0.2) is 21.5 Å². The molecule has 0 aliphatic carbocycles. The lowest BCUT2D eigenvalue weighted by Gasteiger charge is -2.43. The van der Waals surface area contributed by atoms with Crippen LogP contribution in [0.3, 0.4) is 0 Å². The maximum Gasteiger partial charge on any atom is 0.363 e. The third kappa shape index (κ3) is 4.79. The molecule has 10 nitrogen and oxygen atoms in total. The Bertz CT molecular complexity index is 963. The molecule has 4 aliphatic rings. The summed E-state index contributed by atoms with van der Waals surface area (Å²) in [6.07, 6.45) is -0.0977. The summed E-state index contributed by atoms with van der Waals surface area (Å²) >= 11 is 14.9. The molecule has 33 heavy (non-hydrogen) atoms. The molecular formula is C19H16Cl2N2O8S2. The summed E-state index contributed by atoms with van der Waals surface area (Å²) in [5.74, 6) is -3.77. The number of amides is 2. The molecule has 14 heteroatoms. The first-order valence-corrected chi connectivity index (χ1v) is 12.7. The maximum absolute atomic E-state index is 12.3. The van der Waals surface area contributed by atoms with Crippen molar-refractivity contribution in [2.45, 2.75) is 42.9 Å². The fourth-order valence-corrected chi connectivity index (χ4v) is 6.45.